The molecule has 0 bridgehead atoms. The first-order valence-corrected chi connectivity index (χ1v) is 8.76. The lowest BCUT2D eigenvalue weighted by Gasteiger charge is -2.08. The molecule has 4 aromatic carbocycles. The second-order valence-corrected chi connectivity index (χ2v) is 6.16. The van der Waals surface area contributed by atoms with Crippen molar-refractivity contribution in [2.45, 2.75) is 0 Å². The van der Waals surface area contributed by atoms with Crippen LogP contribution >= 0.6 is 0 Å². The molecule has 4 aromatic rings. The van der Waals surface area contributed by atoms with Crippen LogP contribution in [0.15, 0.2) is 97.1 Å². The van der Waals surface area contributed by atoms with Crippen LogP contribution in [0.2, 0.25) is 0 Å². The third kappa shape index (κ3) is 4.15. The van der Waals surface area contributed by atoms with E-state index in [4.69, 9.17) is 9.47 Å². The van der Waals surface area contributed by atoms with E-state index in [2.05, 4.69) is 12.1 Å². The molecule has 3 heteroatoms. The van der Waals surface area contributed by atoms with Crippen molar-refractivity contribution in [2.75, 3.05) is 6.61 Å². The van der Waals surface area contributed by atoms with Crippen LogP contribution < -0.4 is 9.47 Å². The number of esters is 1. The molecule has 0 saturated heterocycles. The molecule has 0 amide bonds. The molecular formula is C24H18O3. The van der Waals surface area contributed by atoms with E-state index in [1.54, 1.807) is 6.07 Å². The monoisotopic (exact) mass is 354 g/mol. The molecule has 4 rings (SSSR count). The van der Waals surface area contributed by atoms with Crippen molar-refractivity contribution in [3.05, 3.63) is 97.1 Å². The average molecular weight is 354 g/mol. The van der Waals surface area contributed by atoms with E-state index < -0.39 is 5.97 Å². The zero-order valence-electron chi connectivity index (χ0n) is 14.7. The van der Waals surface area contributed by atoms with E-state index in [-0.39, 0.29) is 6.61 Å². The normalized spacial score (nSPS) is 10.5. The van der Waals surface area contributed by atoms with Gasteiger partial charge in [0.25, 0.3) is 0 Å². The molecule has 0 atom stereocenters. The summed E-state index contributed by atoms with van der Waals surface area (Å²) in [5.74, 6) is 0.712. The summed E-state index contributed by atoms with van der Waals surface area (Å²) in [5, 5.41) is 2.13. The molecule has 0 fully saturated rings. The van der Waals surface area contributed by atoms with Crippen LogP contribution in [0.5, 0.6) is 11.5 Å². The molecule has 0 spiro atoms. The van der Waals surface area contributed by atoms with Gasteiger partial charge in [0, 0.05) is 0 Å². The summed E-state index contributed by atoms with van der Waals surface area (Å²) in [6, 6.07) is 31.2. The molecule has 0 aliphatic rings. The SMILES string of the molecule is O=C(COc1ccc(-c2ccccc2)cc1)Oc1ccc2ccccc2c1. The highest BCUT2D eigenvalue weighted by Gasteiger charge is 2.07. The van der Waals surface area contributed by atoms with Gasteiger partial charge in [0.15, 0.2) is 6.61 Å². The summed E-state index contributed by atoms with van der Waals surface area (Å²) in [6.07, 6.45) is 0. The molecule has 0 heterocycles. The minimum atomic E-state index is -0.433. The second kappa shape index (κ2) is 7.75. The highest BCUT2D eigenvalue weighted by atomic mass is 16.6. The standard InChI is InChI=1S/C24H18O3/c25-24(27-23-15-12-19-8-4-5-9-21(19)16-23)17-26-22-13-10-20(11-14-22)18-6-2-1-3-7-18/h1-16H,17H2. The zero-order valence-corrected chi connectivity index (χ0v) is 14.7. The number of hydrogen-bond acceptors (Lipinski definition) is 3. The van der Waals surface area contributed by atoms with Crippen LogP contribution in [-0.4, -0.2) is 12.6 Å². The molecule has 0 N–H and O–H groups in total. The molecule has 0 aliphatic carbocycles. The third-order valence-electron chi connectivity index (χ3n) is 4.27. The van der Waals surface area contributed by atoms with Crippen LogP contribution in [-0.2, 0) is 4.79 Å². The summed E-state index contributed by atoms with van der Waals surface area (Å²) in [6.45, 7) is -0.141. The number of fused-ring (bicyclic) bond motifs is 1. The van der Waals surface area contributed by atoms with E-state index in [1.807, 2.05) is 78.9 Å². The fraction of sp³-hybridized carbons (Fsp3) is 0.0417. The van der Waals surface area contributed by atoms with Crippen molar-refractivity contribution in [3.63, 3.8) is 0 Å². The minimum absolute atomic E-state index is 0.141. The molecule has 0 unspecified atom stereocenters. The maximum absolute atomic E-state index is 12.1. The van der Waals surface area contributed by atoms with Crippen LogP contribution in [0, 0.1) is 0 Å². The molecule has 0 radical (unpaired) electrons. The van der Waals surface area contributed by atoms with Gasteiger partial charge < -0.3 is 9.47 Å². The van der Waals surface area contributed by atoms with Gasteiger partial charge in [-0.25, -0.2) is 4.79 Å². The molecule has 0 saturated carbocycles. The van der Waals surface area contributed by atoms with Gasteiger partial charge in [-0.2, -0.15) is 0 Å². The number of hydrogen-bond donors (Lipinski definition) is 0. The predicted octanol–water partition coefficient (Wildman–Crippen LogP) is 5.49. The van der Waals surface area contributed by atoms with Gasteiger partial charge in [0.05, 0.1) is 0 Å². The Morgan fingerprint density at radius 1 is 0.630 bits per heavy atom. The Morgan fingerprint density at radius 2 is 1.26 bits per heavy atom. The lowest BCUT2D eigenvalue weighted by molar-refractivity contribution is -0.136. The fourth-order valence-corrected chi connectivity index (χ4v) is 2.91. The summed E-state index contributed by atoms with van der Waals surface area (Å²) in [5.41, 5.74) is 2.24. The van der Waals surface area contributed by atoms with E-state index in [0.29, 0.717) is 11.5 Å². The van der Waals surface area contributed by atoms with Crippen LogP contribution in [0.25, 0.3) is 21.9 Å². The molecular weight excluding hydrogens is 336 g/mol. The van der Waals surface area contributed by atoms with E-state index in [0.717, 1.165) is 21.9 Å². The number of carbonyl (C=O) groups is 1. The Morgan fingerprint density at radius 3 is 2.04 bits per heavy atom. The van der Waals surface area contributed by atoms with Gasteiger partial charge in [0.2, 0.25) is 0 Å². The number of carbonyl (C=O) groups excluding carboxylic acids is 1. The predicted molar refractivity (Wildman–Crippen MR) is 107 cm³/mol. The topological polar surface area (TPSA) is 35.5 Å². The largest absolute Gasteiger partial charge is 0.482 e. The Hall–Kier alpha value is -3.59. The zero-order chi connectivity index (χ0) is 18.5. The highest BCUT2D eigenvalue weighted by Crippen LogP contribution is 2.23. The maximum atomic E-state index is 12.1. The lowest BCUT2D eigenvalue weighted by Crippen LogP contribution is -2.17. The number of ether oxygens (including phenoxy) is 2. The maximum Gasteiger partial charge on any atom is 0.349 e. The van der Waals surface area contributed by atoms with Crippen molar-refractivity contribution < 1.29 is 14.3 Å². The Bertz CT molecular complexity index is 1050. The number of benzene rings is 4. The van der Waals surface area contributed by atoms with Crippen molar-refractivity contribution in [1.82, 2.24) is 0 Å². The van der Waals surface area contributed by atoms with E-state index >= 15 is 0 Å². The molecule has 132 valence electrons. The smallest absolute Gasteiger partial charge is 0.349 e. The summed E-state index contributed by atoms with van der Waals surface area (Å²) in [4.78, 5) is 12.1. The first-order chi connectivity index (χ1) is 13.3. The molecule has 0 aliphatic heterocycles. The van der Waals surface area contributed by atoms with Crippen LogP contribution in [0.1, 0.15) is 0 Å². The second-order valence-electron chi connectivity index (χ2n) is 6.16. The van der Waals surface area contributed by atoms with Gasteiger partial charge in [-0.05, 0) is 46.2 Å². The Balaban J connectivity index is 1.36. The fourth-order valence-electron chi connectivity index (χ4n) is 2.91. The van der Waals surface area contributed by atoms with Crippen molar-refractivity contribution in [3.8, 4) is 22.6 Å². The van der Waals surface area contributed by atoms with Crippen molar-refractivity contribution in [2.24, 2.45) is 0 Å². The van der Waals surface area contributed by atoms with Crippen molar-refractivity contribution >= 4 is 16.7 Å². The quantitative estimate of drug-likeness (QED) is 0.351. The minimum Gasteiger partial charge on any atom is -0.482 e. The average Bonchev–Trinajstić information content (AvgIpc) is 2.73. The lowest BCUT2D eigenvalue weighted by atomic mass is 10.1. The Kier molecular flexibility index (Phi) is 4.84. The first kappa shape index (κ1) is 16.9. The van der Waals surface area contributed by atoms with Gasteiger partial charge in [-0.15, -0.1) is 0 Å². The molecule has 3 nitrogen and oxygen atoms in total. The Labute approximate surface area is 157 Å². The van der Waals surface area contributed by atoms with Crippen LogP contribution in [0.4, 0.5) is 0 Å². The number of rotatable bonds is 5. The van der Waals surface area contributed by atoms with Crippen LogP contribution in [0.3, 0.4) is 0 Å². The first-order valence-electron chi connectivity index (χ1n) is 8.76. The van der Waals surface area contributed by atoms with Gasteiger partial charge >= 0.3 is 5.97 Å². The van der Waals surface area contributed by atoms with Gasteiger partial charge in [0.1, 0.15) is 11.5 Å². The van der Waals surface area contributed by atoms with E-state index in [9.17, 15) is 4.79 Å². The van der Waals surface area contributed by atoms with Crippen molar-refractivity contribution in [1.29, 1.82) is 0 Å². The summed E-state index contributed by atoms with van der Waals surface area (Å²) < 4.78 is 10.9. The molecule has 0 aromatic heterocycles. The van der Waals surface area contributed by atoms with Gasteiger partial charge in [-0.1, -0.05) is 72.8 Å². The summed E-state index contributed by atoms with van der Waals surface area (Å²) in [7, 11) is 0. The molecule has 27 heavy (non-hydrogen) atoms. The van der Waals surface area contributed by atoms with E-state index in [1.165, 1.54) is 0 Å². The summed E-state index contributed by atoms with van der Waals surface area (Å²) >= 11 is 0. The van der Waals surface area contributed by atoms with Gasteiger partial charge in [-0.3, -0.25) is 0 Å². The third-order valence-corrected chi connectivity index (χ3v) is 4.27. The highest BCUT2D eigenvalue weighted by molar-refractivity contribution is 5.84.